The maximum Gasteiger partial charge on any atom is 0.494 e. The van der Waals surface area contributed by atoms with Gasteiger partial charge in [-0.1, -0.05) is 48.5 Å². The number of benzene rings is 4. The summed E-state index contributed by atoms with van der Waals surface area (Å²) in [6, 6.07) is 34.4. The predicted molar refractivity (Wildman–Crippen MR) is 153 cm³/mol. The average molecular weight is 484 g/mol. The van der Waals surface area contributed by atoms with Crippen LogP contribution in [-0.4, -0.2) is 27.5 Å². The number of fused-ring (bicyclic) bond motifs is 5. The number of para-hydroxylation sites is 2. The molecule has 0 saturated carbocycles. The fourth-order valence-electron chi connectivity index (χ4n) is 5.55. The van der Waals surface area contributed by atoms with Gasteiger partial charge in [0.1, 0.15) is 0 Å². The topological polar surface area (TPSA) is 28.3 Å². The molecule has 182 valence electrons. The first kappa shape index (κ1) is 22.4. The summed E-state index contributed by atoms with van der Waals surface area (Å²) in [7, 11) is -0.405. The molecule has 5 heteroatoms. The van der Waals surface area contributed by atoms with E-state index in [1.807, 2.05) is 0 Å². The Morgan fingerprint density at radius 3 is 1.86 bits per heavy atom. The summed E-state index contributed by atoms with van der Waals surface area (Å²) >= 11 is 0. The standard InChI is InChI=1S/C32H29BN2O2/c1-31(2)32(3,4)37-33(36-31)22-15-16-28-26(21-22)30-25-19-20-34(23-11-7-5-8-12-23)27(25)17-18-29(30)35(28)24-13-9-6-10-14-24/h5-21H,1-4H3. The molecular formula is C32H29BN2O2. The van der Waals surface area contributed by atoms with Gasteiger partial charge in [-0.2, -0.15) is 0 Å². The van der Waals surface area contributed by atoms with Gasteiger partial charge in [0.25, 0.3) is 0 Å². The van der Waals surface area contributed by atoms with E-state index in [-0.39, 0.29) is 11.2 Å². The number of hydrogen-bond donors (Lipinski definition) is 0. The van der Waals surface area contributed by atoms with Crippen LogP contribution in [0.4, 0.5) is 0 Å². The van der Waals surface area contributed by atoms with Crippen molar-refractivity contribution in [2.45, 2.75) is 38.9 Å². The van der Waals surface area contributed by atoms with Crippen molar-refractivity contribution in [2.75, 3.05) is 0 Å². The number of rotatable bonds is 3. The fourth-order valence-corrected chi connectivity index (χ4v) is 5.55. The Kier molecular flexibility index (Phi) is 4.75. The van der Waals surface area contributed by atoms with Gasteiger partial charge in [-0.3, -0.25) is 0 Å². The van der Waals surface area contributed by atoms with E-state index in [1.54, 1.807) is 0 Å². The zero-order valence-corrected chi connectivity index (χ0v) is 21.6. The lowest BCUT2D eigenvalue weighted by molar-refractivity contribution is 0.00578. The Labute approximate surface area is 217 Å². The molecule has 7 rings (SSSR count). The molecular weight excluding hydrogens is 455 g/mol. The molecule has 1 aliphatic heterocycles. The molecule has 6 aromatic rings. The van der Waals surface area contributed by atoms with E-state index in [9.17, 15) is 0 Å². The highest BCUT2D eigenvalue weighted by Gasteiger charge is 2.51. The third-order valence-corrected chi connectivity index (χ3v) is 8.20. The van der Waals surface area contributed by atoms with Gasteiger partial charge in [0.2, 0.25) is 0 Å². The van der Waals surface area contributed by atoms with Crippen LogP contribution in [0.5, 0.6) is 0 Å². The Morgan fingerprint density at radius 2 is 1.19 bits per heavy atom. The minimum absolute atomic E-state index is 0.384. The first-order valence-electron chi connectivity index (χ1n) is 12.9. The maximum absolute atomic E-state index is 6.42. The molecule has 0 radical (unpaired) electrons. The van der Waals surface area contributed by atoms with E-state index < -0.39 is 7.12 Å². The lowest BCUT2D eigenvalue weighted by Gasteiger charge is -2.32. The Bertz CT molecular complexity index is 1770. The smallest absolute Gasteiger partial charge is 0.399 e. The highest BCUT2D eigenvalue weighted by molar-refractivity contribution is 6.62. The van der Waals surface area contributed by atoms with Gasteiger partial charge in [-0.25, -0.2) is 0 Å². The molecule has 2 aromatic heterocycles. The van der Waals surface area contributed by atoms with Crippen molar-refractivity contribution in [3.63, 3.8) is 0 Å². The van der Waals surface area contributed by atoms with Gasteiger partial charge in [0.05, 0.1) is 27.8 Å². The van der Waals surface area contributed by atoms with Crippen molar-refractivity contribution >= 4 is 45.3 Å². The highest BCUT2D eigenvalue weighted by Crippen LogP contribution is 2.39. The minimum Gasteiger partial charge on any atom is -0.399 e. The molecule has 0 N–H and O–H groups in total. The van der Waals surface area contributed by atoms with Gasteiger partial charge >= 0.3 is 7.12 Å². The van der Waals surface area contributed by atoms with Crippen molar-refractivity contribution in [3.05, 3.63) is 103 Å². The van der Waals surface area contributed by atoms with Crippen molar-refractivity contribution in [3.8, 4) is 11.4 Å². The highest BCUT2D eigenvalue weighted by atomic mass is 16.7. The monoisotopic (exact) mass is 484 g/mol. The lowest BCUT2D eigenvalue weighted by Crippen LogP contribution is -2.41. The van der Waals surface area contributed by atoms with Crippen LogP contribution in [0, 0.1) is 0 Å². The summed E-state index contributed by atoms with van der Waals surface area (Å²) in [5.41, 5.74) is 6.11. The van der Waals surface area contributed by atoms with Crippen LogP contribution in [0.1, 0.15) is 27.7 Å². The normalized spacial score (nSPS) is 16.8. The van der Waals surface area contributed by atoms with E-state index in [4.69, 9.17) is 9.31 Å². The summed E-state index contributed by atoms with van der Waals surface area (Å²) in [5.74, 6) is 0. The van der Waals surface area contributed by atoms with Crippen LogP contribution < -0.4 is 5.46 Å². The Morgan fingerprint density at radius 1 is 0.595 bits per heavy atom. The summed E-state index contributed by atoms with van der Waals surface area (Å²) in [6.45, 7) is 8.40. The molecule has 0 unspecified atom stereocenters. The molecule has 37 heavy (non-hydrogen) atoms. The lowest BCUT2D eigenvalue weighted by atomic mass is 9.78. The van der Waals surface area contributed by atoms with E-state index in [0.717, 1.165) is 16.8 Å². The average Bonchev–Trinajstić information content (AvgIpc) is 3.53. The summed E-state index contributed by atoms with van der Waals surface area (Å²) in [6.07, 6.45) is 2.17. The molecule has 0 atom stereocenters. The summed E-state index contributed by atoms with van der Waals surface area (Å²) in [5, 5.41) is 3.67. The van der Waals surface area contributed by atoms with Crippen molar-refractivity contribution in [1.29, 1.82) is 0 Å². The molecule has 4 aromatic carbocycles. The summed E-state index contributed by atoms with van der Waals surface area (Å²) < 4.78 is 17.5. The molecule has 0 spiro atoms. The van der Waals surface area contributed by atoms with Gasteiger partial charge in [0.15, 0.2) is 0 Å². The number of nitrogens with zero attached hydrogens (tertiary/aromatic N) is 2. The second-order valence-corrected chi connectivity index (χ2v) is 10.9. The fraction of sp³-hybridized carbons (Fsp3) is 0.188. The van der Waals surface area contributed by atoms with Crippen molar-refractivity contribution < 1.29 is 9.31 Å². The molecule has 1 fully saturated rings. The zero-order chi connectivity index (χ0) is 25.4. The largest absolute Gasteiger partial charge is 0.494 e. The summed E-state index contributed by atoms with van der Waals surface area (Å²) in [4.78, 5) is 0. The SMILES string of the molecule is CC1(C)OB(c2ccc3c(c2)c2c4ccn(-c5ccccc5)c4ccc2n3-c2ccccc2)OC1(C)C. The Balaban J connectivity index is 1.51. The van der Waals surface area contributed by atoms with Crippen LogP contribution >= 0.6 is 0 Å². The third kappa shape index (κ3) is 3.31. The molecule has 3 heterocycles. The van der Waals surface area contributed by atoms with Crippen LogP contribution in [-0.2, 0) is 9.31 Å². The second kappa shape index (κ2) is 7.85. The Hall–Kier alpha value is -3.80. The van der Waals surface area contributed by atoms with Crippen molar-refractivity contribution in [2.24, 2.45) is 0 Å². The van der Waals surface area contributed by atoms with Crippen LogP contribution in [0.3, 0.4) is 0 Å². The van der Waals surface area contributed by atoms with Crippen LogP contribution in [0.2, 0.25) is 0 Å². The second-order valence-electron chi connectivity index (χ2n) is 10.9. The molecule has 0 amide bonds. The number of aromatic nitrogens is 2. The van der Waals surface area contributed by atoms with E-state index in [0.29, 0.717) is 0 Å². The van der Waals surface area contributed by atoms with Gasteiger partial charge in [-0.15, -0.1) is 0 Å². The van der Waals surface area contributed by atoms with Crippen molar-refractivity contribution in [1.82, 2.24) is 9.13 Å². The first-order valence-corrected chi connectivity index (χ1v) is 12.9. The van der Waals surface area contributed by atoms with Crippen LogP contribution in [0.15, 0.2) is 103 Å². The van der Waals surface area contributed by atoms with E-state index in [2.05, 4.69) is 140 Å². The minimum atomic E-state index is -0.405. The van der Waals surface area contributed by atoms with E-state index in [1.165, 1.54) is 32.7 Å². The first-order chi connectivity index (χ1) is 17.8. The number of hydrogen-bond acceptors (Lipinski definition) is 2. The zero-order valence-electron chi connectivity index (χ0n) is 21.6. The third-order valence-electron chi connectivity index (χ3n) is 8.20. The van der Waals surface area contributed by atoms with Gasteiger partial charge < -0.3 is 18.4 Å². The van der Waals surface area contributed by atoms with E-state index >= 15 is 0 Å². The molecule has 0 bridgehead atoms. The molecule has 1 saturated heterocycles. The quantitative estimate of drug-likeness (QED) is 0.253. The molecule has 1 aliphatic rings. The van der Waals surface area contributed by atoms with Crippen LogP contribution in [0.25, 0.3) is 44.1 Å². The van der Waals surface area contributed by atoms with Gasteiger partial charge in [-0.05, 0) is 81.7 Å². The maximum atomic E-state index is 6.42. The predicted octanol–water partition coefficient (Wildman–Crippen LogP) is 7.03. The molecule has 0 aliphatic carbocycles. The van der Waals surface area contributed by atoms with Gasteiger partial charge in [0, 0.05) is 33.7 Å². The molecule has 4 nitrogen and oxygen atoms in total.